The number of hydrogen-bond acceptors (Lipinski definition) is 2. The Morgan fingerprint density at radius 3 is 2.69 bits per heavy atom. The predicted octanol–water partition coefficient (Wildman–Crippen LogP) is 2.72. The van der Waals surface area contributed by atoms with E-state index in [2.05, 4.69) is 15.9 Å². The standard InChI is InChI=1S/C9H11BrFNO/c1-6-7(5-12(2)13)3-4-8(11)9(6)10/h3-4,13H,5H2,1-2H3. The summed E-state index contributed by atoms with van der Waals surface area (Å²) in [5, 5.41) is 10.1. The van der Waals surface area contributed by atoms with Crippen molar-refractivity contribution in [3.8, 4) is 0 Å². The van der Waals surface area contributed by atoms with Gasteiger partial charge in [-0.1, -0.05) is 6.07 Å². The van der Waals surface area contributed by atoms with Gasteiger partial charge < -0.3 is 5.21 Å². The van der Waals surface area contributed by atoms with Crippen molar-refractivity contribution in [2.24, 2.45) is 0 Å². The van der Waals surface area contributed by atoms with Crippen molar-refractivity contribution >= 4 is 15.9 Å². The molecular formula is C9H11BrFNO. The lowest BCUT2D eigenvalue weighted by Crippen LogP contribution is -2.12. The summed E-state index contributed by atoms with van der Waals surface area (Å²) in [5.41, 5.74) is 1.72. The van der Waals surface area contributed by atoms with Crippen LogP contribution in [0.5, 0.6) is 0 Å². The second-order valence-corrected chi connectivity index (χ2v) is 3.75. The fourth-order valence-electron chi connectivity index (χ4n) is 1.11. The maximum Gasteiger partial charge on any atom is 0.137 e. The minimum Gasteiger partial charge on any atom is -0.314 e. The van der Waals surface area contributed by atoms with Crippen molar-refractivity contribution in [3.63, 3.8) is 0 Å². The third kappa shape index (κ3) is 2.49. The van der Waals surface area contributed by atoms with Crippen LogP contribution in [0.3, 0.4) is 0 Å². The zero-order chi connectivity index (χ0) is 10.0. The molecule has 13 heavy (non-hydrogen) atoms. The van der Waals surface area contributed by atoms with Gasteiger partial charge in [0.25, 0.3) is 0 Å². The maximum atomic E-state index is 13.0. The van der Waals surface area contributed by atoms with Gasteiger partial charge in [0.05, 0.1) is 4.47 Å². The Morgan fingerprint density at radius 2 is 2.15 bits per heavy atom. The van der Waals surface area contributed by atoms with Gasteiger partial charge in [-0.15, -0.1) is 0 Å². The zero-order valence-corrected chi connectivity index (χ0v) is 9.10. The van der Waals surface area contributed by atoms with Gasteiger partial charge in [-0.05, 0) is 40.0 Å². The zero-order valence-electron chi connectivity index (χ0n) is 7.51. The predicted molar refractivity (Wildman–Crippen MR) is 52.1 cm³/mol. The highest BCUT2D eigenvalue weighted by Gasteiger charge is 2.07. The third-order valence-corrected chi connectivity index (χ3v) is 2.82. The van der Waals surface area contributed by atoms with Crippen LogP contribution in [0, 0.1) is 12.7 Å². The second kappa shape index (κ2) is 4.17. The fourth-order valence-corrected chi connectivity index (χ4v) is 1.50. The third-order valence-electron chi connectivity index (χ3n) is 1.85. The number of rotatable bonds is 2. The van der Waals surface area contributed by atoms with Crippen molar-refractivity contribution in [1.29, 1.82) is 0 Å². The summed E-state index contributed by atoms with van der Waals surface area (Å²) in [6.07, 6.45) is 0. The molecule has 1 rings (SSSR count). The van der Waals surface area contributed by atoms with Crippen LogP contribution in [0.2, 0.25) is 0 Å². The molecule has 0 amide bonds. The first-order valence-electron chi connectivity index (χ1n) is 3.86. The van der Waals surface area contributed by atoms with Gasteiger partial charge in [0.15, 0.2) is 0 Å². The molecule has 0 aromatic heterocycles. The Morgan fingerprint density at radius 1 is 1.54 bits per heavy atom. The average molecular weight is 248 g/mol. The summed E-state index contributed by atoms with van der Waals surface area (Å²) >= 11 is 3.14. The van der Waals surface area contributed by atoms with E-state index in [4.69, 9.17) is 5.21 Å². The molecular weight excluding hydrogens is 237 g/mol. The first-order valence-corrected chi connectivity index (χ1v) is 4.65. The van der Waals surface area contributed by atoms with Crippen LogP contribution in [0.1, 0.15) is 11.1 Å². The quantitative estimate of drug-likeness (QED) is 0.813. The number of hydrogen-bond donors (Lipinski definition) is 1. The molecule has 0 bridgehead atoms. The van der Waals surface area contributed by atoms with E-state index in [1.807, 2.05) is 6.92 Å². The molecule has 0 unspecified atom stereocenters. The molecule has 0 heterocycles. The average Bonchev–Trinajstić information content (AvgIpc) is 2.06. The second-order valence-electron chi connectivity index (χ2n) is 2.96. The molecule has 1 N–H and O–H groups in total. The van der Waals surface area contributed by atoms with Crippen molar-refractivity contribution in [3.05, 3.63) is 33.5 Å². The Bertz CT molecular complexity index is 315. The van der Waals surface area contributed by atoms with Crippen molar-refractivity contribution in [1.82, 2.24) is 5.06 Å². The van der Waals surface area contributed by atoms with E-state index in [0.717, 1.165) is 16.2 Å². The lowest BCUT2D eigenvalue weighted by molar-refractivity contribution is -0.0733. The van der Waals surface area contributed by atoms with Gasteiger partial charge in [-0.3, -0.25) is 0 Å². The highest BCUT2D eigenvalue weighted by molar-refractivity contribution is 9.10. The van der Waals surface area contributed by atoms with Crippen LogP contribution in [-0.4, -0.2) is 17.3 Å². The van der Waals surface area contributed by atoms with Gasteiger partial charge in [-0.25, -0.2) is 4.39 Å². The summed E-state index contributed by atoms with van der Waals surface area (Å²) in [7, 11) is 1.55. The molecule has 0 fully saturated rings. The van der Waals surface area contributed by atoms with Crippen molar-refractivity contribution in [2.75, 3.05) is 7.05 Å². The van der Waals surface area contributed by atoms with E-state index in [1.54, 1.807) is 13.1 Å². The molecule has 0 spiro atoms. The lowest BCUT2D eigenvalue weighted by atomic mass is 10.1. The van der Waals surface area contributed by atoms with E-state index in [1.165, 1.54) is 6.07 Å². The molecule has 0 radical (unpaired) electrons. The molecule has 0 atom stereocenters. The number of halogens is 2. The molecule has 1 aromatic carbocycles. The van der Waals surface area contributed by atoms with Crippen molar-refractivity contribution < 1.29 is 9.60 Å². The van der Waals surface area contributed by atoms with Crippen molar-refractivity contribution in [2.45, 2.75) is 13.5 Å². The Labute approximate surface area is 85.1 Å². The molecule has 1 aromatic rings. The van der Waals surface area contributed by atoms with Crippen LogP contribution in [-0.2, 0) is 6.54 Å². The first-order chi connectivity index (χ1) is 6.02. The minimum atomic E-state index is -0.276. The summed E-state index contributed by atoms with van der Waals surface area (Å²) in [4.78, 5) is 0. The van der Waals surface area contributed by atoms with Gasteiger partial charge >= 0.3 is 0 Å². The summed E-state index contributed by atoms with van der Waals surface area (Å²) < 4.78 is 13.4. The minimum absolute atomic E-state index is 0.276. The van der Waals surface area contributed by atoms with Gasteiger partial charge in [0.2, 0.25) is 0 Å². The molecule has 4 heteroatoms. The SMILES string of the molecule is Cc1c(CN(C)O)ccc(F)c1Br. The van der Waals surface area contributed by atoms with Gasteiger partial charge in [-0.2, -0.15) is 5.06 Å². The summed E-state index contributed by atoms with van der Waals surface area (Å²) in [5.74, 6) is -0.276. The van der Waals surface area contributed by atoms with E-state index < -0.39 is 0 Å². The normalized spacial score (nSPS) is 10.9. The first kappa shape index (κ1) is 10.6. The topological polar surface area (TPSA) is 23.5 Å². The Kier molecular flexibility index (Phi) is 3.41. The molecule has 0 saturated carbocycles. The van der Waals surface area contributed by atoms with E-state index in [9.17, 15) is 4.39 Å². The number of nitrogens with zero attached hydrogens (tertiary/aromatic N) is 1. The fraction of sp³-hybridized carbons (Fsp3) is 0.333. The monoisotopic (exact) mass is 247 g/mol. The largest absolute Gasteiger partial charge is 0.314 e. The van der Waals surface area contributed by atoms with Gasteiger partial charge in [0.1, 0.15) is 5.82 Å². The van der Waals surface area contributed by atoms with Crippen LogP contribution in [0.25, 0.3) is 0 Å². The molecule has 0 aliphatic carbocycles. The summed E-state index contributed by atoms with van der Waals surface area (Å²) in [6.45, 7) is 2.21. The van der Waals surface area contributed by atoms with Crippen LogP contribution >= 0.6 is 15.9 Å². The lowest BCUT2D eigenvalue weighted by Gasteiger charge is -2.11. The smallest absolute Gasteiger partial charge is 0.137 e. The molecule has 2 nitrogen and oxygen atoms in total. The van der Waals surface area contributed by atoms with E-state index in [-0.39, 0.29) is 5.82 Å². The van der Waals surface area contributed by atoms with Crippen LogP contribution in [0.4, 0.5) is 4.39 Å². The maximum absolute atomic E-state index is 13.0. The molecule has 0 aliphatic heterocycles. The van der Waals surface area contributed by atoms with E-state index >= 15 is 0 Å². The highest BCUT2D eigenvalue weighted by Crippen LogP contribution is 2.23. The molecule has 0 aliphatic rings. The molecule has 0 saturated heterocycles. The Balaban J connectivity index is 3.04. The number of hydroxylamine groups is 2. The van der Waals surface area contributed by atoms with Crippen LogP contribution < -0.4 is 0 Å². The number of benzene rings is 1. The molecule has 72 valence electrons. The van der Waals surface area contributed by atoms with Gasteiger partial charge in [0, 0.05) is 13.6 Å². The highest BCUT2D eigenvalue weighted by atomic mass is 79.9. The van der Waals surface area contributed by atoms with E-state index in [0.29, 0.717) is 11.0 Å². The summed E-state index contributed by atoms with van der Waals surface area (Å²) in [6, 6.07) is 3.05. The van der Waals surface area contributed by atoms with Crippen LogP contribution in [0.15, 0.2) is 16.6 Å². The Hall–Kier alpha value is -0.450.